The molecular formula is C22H19Cl2N3O. The van der Waals surface area contributed by atoms with Crippen LogP contribution >= 0.6 is 23.2 Å². The minimum absolute atomic E-state index is 0.0837. The summed E-state index contributed by atoms with van der Waals surface area (Å²) in [4.78, 5) is 22.4. The van der Waals surface area contributed by atoms with E-state index in [9.17, 15) is 4.79 Å². The molecule has 0 atom stereocenters. The normalized spacial score (nSPS) is 14.4. The zero-order valence-corrected chi connectivity index (χ0v) is 16.7. The van der Waals surface area contributed by atoms with Crippen molar-refractivity contribution in [3.63, 3.8) is 0 Å². The summed E-state index contributed by atoms with van der Waals surface area (Å²) in [6.07, 6.45) is 4.32. The Labute approximate surface area is 173 Å². The van der Waals surface area contributed by atoms with Gasteiger partial charge in [0.05, 0.1) is 21.3 Å². The van der Waals surface area contributed by atoms with E-state index in [1.165, 1.54) is 5.56 Å². The summed E-state index contributed by atoms with van der Waals surface area (Å²) in [5.74, 6) is 0.524. The fraction of sp³-hybridized carbons (Fsp3) is 0.182. The Morgan fingerprint density at radius 3 is 2.71 bits per heavy atom. The topological polar surface area (TPSA) is 49.0 Å². The zero-order valence-electron chi connectivity index (χ0n) is 15.2. The van der Waals surface area contributed by atoms with Crippen molar-refractivity contribution in [2.45, 2.75) is 19.5 Å². The minimum atomic E-state index is -0.0837. The highest BCUT2D eigenvalue weighted by atomic mass is 35.5. The predicted octanol–water partition coefficient (Wildman–Crippen LogP) is 4.81. The highest BCUT2D eigenvalue weighted by Crippen LogP contribution is 2.26. The Kier molecular flexibility index (Phi) is 5.62. The second-order valence-corrected chi connectivity index (χ2v) is 7.58. The number of fused-ring (bicyclic) bond motifs is 1. The van der Waals surface area contributed by atoms with Gasteiger partial charge in [-0.15, -0.1) is 0 Å². The maximum Gasteiger partial charge on any atom is 0.255 e. The Balaban J connectivity index is 1.54. The third-order valence-electron chi connectivity index (χ3n) is 4.82. The number of nitrogens with one attached hydrogen (secondary N) is 1. The van der Waals surface area contributed by atoms with Crippen molar-refractivity contribution < 1.29 is 0 Å². The van der Waals surface area contributed by atoms with Crippen molar-refractivity contribution in [2.75, 3.05) is 6.54 Å². The summed E-state index contributed by atoms with van der Waals surface area (Å²) in [7, 11) is 0. The number of halogens is 2. The van der Waals surface area contributed by atoms with Crippen LogP contribution in [0.15, 0.2) is 53.3 Å². The van der Waals surface area contributed by atoms with Gasteiger partial charge in [-0.25, -0.2) is 4.98 Å². The fourth-order valence-electron chi connectivity index (χ4n) is 3.37. The molecule has 0 aliphatic carbocycles. The van der Waals surface area contributed by atoms with Crippen LogP contribution in [0.25, 0.3) is 12.2 Å². The molecule has 2 heterocycles. The predicted molar refractivity (Wildman–Crippen MR) is 115 cm³/mol. The summed E-state index contributed by atoms with van der Waals surface area (Å²) in [5.41, 5.74) is 3.56. The minimum Gasteiger partial charge on any atom is -0.307 e. The highest BCUT2D eigenvalue weighted by Gasteiger charge is 2.20. The number of aromatic nitrogens is 2. The maximum atomic E-state index is 12.6. The third-order valence-corrected chi connectivity index (χ3v) is 5.65. The van der Waals surface area contributed by atoms with Crippen LogP contribution in [-0.2, 0) is 19.5 Å². The number of benzene rings is 2. The Morgan fingerprint density at radius 2 is 1.89 bits per heavy atom. The molecule has 6 heteroatoms. The molecule has 0 saturated heterocycles. The smallest absolute Gasteiger partial charge is 0.255 e. The van der Waals surface area contributed by atoms with Gasteiger partial charge in [0, 0.05) is 26.1 Å². The molecule has 1 aromatic heterocycles. The Hall–Kier alpha value is -2.40. The van der Waals surface area contributed by atoms with Crippen molar-refractivity contribution >= 4 is 35.4 Å². The van der Waals surface area contributed by atoms with Crippen LogP contribution in [0.3, 0.4) is 0 Å². The molecule has 4 rings (SSSR count). The van der Waals surface area contributed by atoms with Gasteiger partial charge >= 0.3 is 0 Å². The van der Waals surface area contributed by atoms with Crippen molar-refractivity contribution in [3.05, 3.63) is 97.1 Å². The molecule has 142 valence electrons. The van der Waals surface area contributed by atoms with Gasteiger partial charge in [-0.3, -0.25) is 9.69 Å². The SMILES string of the molecule is O=c1[nH]c(C=Cc2cccc(Cl)c2Cl)nc2c1CN(Cc1ccccc1)CC2. The summed E-state index contributed by atoms with van der Waals surface area (Å²) < 4.78 is 0. The van der Waals surface area contributed by atoms with Crippen LogP contribution < -0.4 is 5.56 Å². The van der Waals surface area contributed by atoms with Gasteiger partial charge in [0.1, 0.15) is 5.82 Å². The second kappa shape index (κ2) is 8.31. The molecule has 28 heavy (non-hydrogen) atoms. The monoisotopic (exact) mass is 411 g/mol. The third kappa shape index (κ3) is 4.20. The molecule has 0 unspecified atom stereocenters. The molecule has 1 aliphatic rings. The van der Waals surface area contributed by atoms with E-state index in [0.29, 0.717) is 22.4 Å². The van der Waals surface area contributed by atoms with Crippen molar-refractivity contribution in [1.82, 2.24) is 14.9 Å². The van der Waals surface area contributed by atoms with Crippen LogP contribution in [0, 0.1) is 0 Å². The number of rotatable bonds is 4. The van der Waals surface area contributed by atoms with Crippen LogP contribution in [0.4, 0.5) is 0 Å². The number of H-pyrrole nitrogens is 1. The van der Waals surface area contributed by atoms with Gasteiger partial charge in [-0.1, -0.05) is 65.7 Å². The first-order valence-corrected chi connectivity index (χ1v) is 9.86. The highest BCUT2D eigenvalue weighted by molar-refractivity contribution is 6.42. The van der Waals surface area contributed by atoms with E-state index in [2.05, 4.69) is 27.0 Å². The molecule has 2 aromatic carbocycles. The Morgan fingerprint density at radius 1 is 1.07 bits per heavy atom. The number of aromatic amines is 1. The average molecular weight is 412 g/mol. The van der Waals surface area contributed by atoms with E-state index in [1.54, 1.807) is 12.1 Å². The van der Waals surface area contributed by atoms with E-state index >= 15 is 0 Å². The standard InChI is InChI=1S/C22H19Cl2N3O/c23-18-8-4-7-16(21(18)24)9-10-20-25-19-11-12-27(14-17(19)22(28)26-20)13-15-5-2-1-3-6-15/h1-10H,11-14H2,(H,25,26,28). The van der Waals surface area contributed by atoms with E-state index < -0.39 is 0 Å². The number of hydrogen-bond donors (Lipinski definition) is 1. The summed E-state index contributed by atoms with van der Waals surface area (Å²) >= 11 is 12.3. The van der Waals surface area contributed by atoms with Gasteiger partial charge in [-0.2, -0.15) is 0 Å². The summed E-state index contributed by atoms with van der Waals surface area (Å²) in [6, 6.07) is 15.7. The number of nitrogens with zero attached hydrogens (tertiary/aromatic N) is 2. The quantitative estimate of drug-likeness (QED) is 0.670. The largest absolute Gasteiger partial charge is 0.307 e. The molecule has 4 nitrogen and oxygen atoms in total. The van der Waals surface area contributed by atoms with E-state index in [4.69, 9.17) is 23.2 Å². The van der Waals surface area contributed by atoms with Crippen LogP contribution in [0.5, 0.6) is 0 Å². The average Bonchev–Trinajstić information content (AvgIpc) is 2.70. The van der Waals surface area contributed by atoms with Gasteiger partial charge in [0.25, 0.3) is 5.56 Å². The summed E-state index contributed by atoms with van der Waals surface area (Å²) in [5, 5.41) is 0.978. The first kappa shape index (κ1) is 18.9. The van der Waals surface area contributed by atoms with Gasteiger partial charge in [0.2, 0.25) is 0 Å². The molecule has 0 fully saturated rings. The lowest BCUT2D eigenvalue weighted by Crippen LogP contribution is -2.35. The number of hydrogen-bond acceptors (Lipinski definition) is 3. The first-order valence-electron chi connectivity index (χ1n) is 9.10. The van der Waals surface area contributed by atoms with Crippen LogP contribution in [-0.4, -0.2) is 21.4 Å². The zero-order chi connectivity index (χ0) is 19.5. The molecule has 0 spiro atoms. The Bertz CT molecular complexity index is 1080. The molecular weight excluding hydrogens is 393 g/mol. The molecule has 3 aromatic rings. The lowest BCUT2D eigenvalue weighted by molar-refractivity contribution is 0.241. The second-order valence-electron chi connectivity index (χ2n) is 6.80. The molecule has 1 aliphatic heterocycles. The fourth-order valence-corrected chi connectivity index (χ4v) is 3.74. The van der Waals surface area contributed by atoms with Crippen molar-refractivity contribution in [2.24, 2.45) is 0 Å². The lowest BCUT2D eigenvalue weighted by Gasteiger charge is -2.27. The van der Waals surface area contributed by atoms with Crippen molar-refractivity contribution in [3.8, 4) is 0 Å². The maximum absolute atomic E-state index is 12.6. The van der Waals surface area contributed by atoms with E-state index in [1.807, 2.05) is 36.4 Å². The van der Waals surface area contributed by atoms with Gasteiger partial charge in [0.15, 0.2) is 0 Å². The van der Waals surface area contributed by atoms with Gasteiger partial charge < -0.3 is 4.98 Å². The van der Waals surface area contributed by atoms with E-state index in [0.717, 1.165) is 36.3 Å². The molecule has 0 amide bonds. The first-order chi connectivity index (χ1) is 13.6. The summed E-state index contributed by atoms with van der Waals surface area (Å²) in [6.45, 7) is 2.31. The molecule has 1 N–H and O–H groups in total. The molecule has 0 radical (unpaired) electrons. The van der Waals surface area contributed by atoms with Crippen LogP contribution in [0.1, 0.15) is 28.2 Å². The lowest BCUT2D eigenvalue weighted by atomic mass is 10.1. The van der Waals surface area contributed by atoms with Crippen LogP contribution in [0.2, 0.25) is 10.0 Å². The van der Waals surface area contributed by atoms with Crippen molar-refractivity contribution in [1.29, 1.82) is 0 Å². The molecule has 0 saturated carbocycles. The molecule has 0 bridgehead atoms. The van der Waals surface area contributed by atoms with E-state index in [-0.39, 0.29) is 5.56 Å². The van der Waals surface area contributed by atoms with Gasteiger partial charge in [-0.05, 0) is 29.3 Å².